The molecule has 0 fully saturated rings. The fraction of sp³-hybridized carbons (Fsp3) is 0.0588. The minimum absolute atomic E-state index is 0.173. The quantitative estimate of drug-likeness (QED) is 0.144. The van der Waals surface area contributed by atoms with Crippen molar-refractivity contribution in [2.24, 2.45) is 5.92 Å². The van der Waals surface area contributed by atoms with Gasteiger partial charge >= 0.3 is 0 Å². The van der Waals surface area contributed by atoms with Crippen molar-refractivity contribution in [3.63, 3.8) is 0 Å². The van der Waals surface area contributed by atoms with Crippen LogP contribution in [-0.4, -0.2) is 0 Å². The molecular weight excluding hydrogens is 831 g/mol. The van der Waals surface area contributed by atoms with Crippen LogP contribution in [-0.2, 0) is 10.8 Å². The van der Waals surface area contributed by atoms with Gasteiger partial charge in [-0.1, -0.05) is 237 Å². The molecule has 0 saturated heterocycles. The number of hydrogen-bond donors (Lipinski definition) is 0. The van der Waals surface area contributed by atoms with E-state index in [0.717, 1.165) is 17.8 Å². The standard InChI is InChI=1S/C68H47N/c1-4-20-46(21-5-1)67(47-22-6-2-7-23-47)65-35-19-16-32-60(65)62-45-52(41-43-66(62)67)69(51-40-42-57-55-28-11-10-26-53(55)54-27-12-13-29-56(54)61(57)44-51)50-38-36-49(37-39-50)68(48-24-8-3-9-25-48)63-33-17-14-30-58(63)59-31-15-18-34-64(59)68/h1-36,38-45,49H,37H2. The average Bonchev–Trinajstić information content (AvgIpc) is 3.90. The monoisotopic (exact) mass is 877 g/mol. The SMILES string of the molecule is C1=CC(C2(c3ccccc3)c3ccccc3-c3ccccc32)CC=C1N(c1ccc2c(c1)-c1ccccc1C2(c1ccccc1)c1ccccc1)c1ccc2c3ccccc3c3ccccc3c2c1. The van der Waals surface area contributed by atoms with Gasteiger partial charge in [-0.3, -0.25) is 0 Å². The van der Waals surface area contributed by atoms with Gasteiger partial charge in [0, 0.05) is 17.1 Å². The van der Waals surface area contributed by atoms with Crippen LogP contribution in [0.1, 0.15) is 45.4 Å². The van der Waals surface area contributed by atoms with E-state index in [2.05, 4.69) is 272 Å². The Hall–Kier alpha value is -8.52. The second-order valence-corrected chi connectivity index (χ2v) is 19.0. The number of rotatable bonds is 7. The maximum atomic E-state index is 2.52. The summed E-state index contributed by atoms with van der Waals surface area (Å²) in [4.78, 5) is 2.52. The Morgan fingerprint density at radius 1 is 0.333 bits per heavy atom. The number of benzene rings is 11. The summed E-state index contributed by atoms with van der Waals surface area (Å²) in [5, 5.41) is 7.63. The summed E-state index contributed by atoms with van der Waals surface area (Å²) in [5.41, 5.74) is 17.1. The summed E-state index contributed by atoms with van der Waals surface area (Å²) in [6, 6.07) is 93.0. The van der Waals surface area contributed by atoms with Gasteiger partial charge in [0.25, 0.3) is 0 Å². The van der Waals surface area contributed by atoms with Crippen LogP contribution in [0.25, 0.3) is 54.6 Å². The number of hydrogen-bond acceptors (Lipinski definition) is 1. The van der Waals surface area contributed by atoms with Crippen molar-refractivity contribution in [3.05, 3.63) is 312 Å². The summed E-state index contributed by atoms with van der Waals surface area (Å²) in [5.74, 6) is 0.173. The first-order valence-corrected chi connectivity index (χ1v) is 24.4. The molecule has 0 N–H and O–H groups in total. The van der Waals surface area contributed by atoms with Gasteiger partial charge in [0.2, 0.25) is 0 Å². The van der Waals surface area contributed by atoms with Crippen LogP contribution in [0.15, 0.2) is 273 Å². The highest BCUT2D eigenvalue weighted by Gasteiger charge is 2.50. The molecule has 0 aromatic heterocycles. The summed E-state index contributed by atoms with van der Waals surface area (Å²) in [6.07, 6.45) is 8.32. The van der Waals surface area contributed by atoms with Crippen LogP contribution in [0.5, 0.6) is 0 Å². The second kappa shape index (κ2) is 15.5. The average molecular weight is 878 g/mol. The zero-order valence-corrected chi connectivity index (χ0v) is 38.1. The molecule has 1 atom stereocenters. The molecule has 11 aromatic rings. The lowest BCUT2D eigenvalue weighted by atomic mass is 9.62. The fourth-order valence-electron chi connectivity index (χ4n) is 13.0. The molecule has 1 nitrogen and oxygen atoms in total. The molecule has 0 heterocycles. The molecule has 3 aliphatic rings. The largest absolute Gasteiger partial charge is 0.311 e. The van der Waals surface area contributed by atoms with Gasteiger partial charge in [-0.2, -0.15) is 0 Å². The molecule has 0 radical (unpaired) electrons. The van der Waals surface area contributed by atoms with E-state index in [1.165, 1.54) is 99.2 Å². The van der Waals surface area contributed by atoms with Crippen LogP contribution in [0, 0.1) is 5.92 Å². The summed E-state index contributed by atoms with van der Waals surface area (Å²) >= 11 is 0. The highest BCUT2D eigenvalue weighted by Crippen LogP contribution is 2.60. The van der Waals surface area contributed by atoms with E-state index >= 15 is 0 Å². The number of fused-ring (bicyclic) bond motifs is 12. The van der Waals surface area contributed by atoms with Crippen molar-refractivity contribution in [1.82, 2.24) is 0 Å². The molecule has 1 heteroatoms. The summed E-state index contributed by atoms with van der Waals surface area (Å²) in [7, 11) is 0. The van der Waals surface area contributed by atoms with Crippen LogP contribution in [0.4, 0.5) is 11.4 Å². The van der Waals surface area contributed by atoms with Crippen molar-refractivity contribution in [2.45, 2.75) is 17.3 Å². The van der Waals surface area contributed by atoms with Crippen LogP contribution < -0.4 is 4.90 Å². The molecule has 0 bridgehead atoms. The molecule has 69 heavy (non-hydrogen) atoms. The molecule has 11 aromatic carbocycles. The molecule has 0 spiro atoms. The molecular formula is C68H47N. The topological polar surface area (TPSA) is 3.24 Å². The lowest BCUT2D eigenvalue weighted by Gasteiger charge is -2.41. The Morgan fingerprint density at radius 2 is 0.754 bits per heavy atom. The van der Waals surface area contributed by atoms with Crippen molar-refractivity contribution >= 4 is 43.7 Å². The lowest BCUT2D eigenvalue weighted by molar-refractivity contribution is 0.456. The van der Waals surface area contributed by atoms with Crippen molar-refractivity contribution in [1.29, 1.82) is 0 Å². The highest BCUT2D eigenvalue weighted by atomic mass is 15.1. The predicted molar refractivity (Wildman–Crippen MR) is 288 cm³/mol. The van der Waals surface area contributed by atoms with Crippen molar-refractivity contribution < 1.29 is 0 Å². The Kier molecular flexibility index (Phi) is 8.91. The molecule has 0 saturated carbocycles. The van der Waals surface area contributed by atoms with E-state index in [1.807, 2.05) is 0 Å². The Labute approximate surface area is 403 Å². The molecule has 324 valence electrons. The van der Waals surface area contributed by atoms with E-state index < -0.39 is 5.41 Å². The van der Waals surface area contributed by atoms with E-state index in [9.17, 15) is 0 Å². The minimum atomic E-state index is -0.475. The molecule has 0 aliphatic heterocycles. The van der Waals surface area contributed by atoms with Gasteiger partial charge < -0.3 is 4.90 Å². The number of anilines is 2. The molecule has 0 amide bonds. The number of nitrogens with zero attached hydrogens (tertiary/aromatic N) is 1. The second-order valence-electron chi connectivity index (χ2n) is 19.0. The molecule has 3 aliphatic carbocycles. The Balaban J connectivity index is 0.985. The Morgan fingerprint density at radius 3 is 1.30 bits per heavy atom. The van der Waals surface area contributed by atoms with Gasteiger partial charge in [0.05, 0.1) is 10.8 Å². The third kappa shape index (κ3) is 5.65. The normalized spacial score (nSPS) is 15.9. The first-order valence-electron chi connectivity index (χ1n) is 24.4. The van der Waals surface area contributed by atoms with E-state index in [-0.39, 0.29) is 11.3 Å². The zero-order valence-electron chi connectivity index (χ0n) is 38.1. The smallest absolute Gasteiger partial charge is 0.0713 e. The van der Waals surface area contributed by atoms with Gasteiger partial charge in [0.15, 0.2) is 0 Å². The van der Waals surface area contributed by atoms with Gasteiger partial charge in [-0.25, -0.2) is 0 Å². The van der Waals surface area contributed by atoms with Gasteiger partial charge in [-0.15, -0.1) is 0 Å². The highest BCUT2D eigenvalue weighted by molar-refractivity contribution is 6.25. The molecule has 14 rings (SSSR count). The zero-order chi connectivity index (χ0) is 45.5. The lowest BCUT2D eigenvalue weighted by Crippen LogP contribution is -2.36. The first kappa shape index (κ1) is 39.6. The van der Waals surface area contributed by atoms with E-state index in [1.54, 1.807) is 0 Å². The predicted octanol–water partition coefficient (Wildman–Crippen LogP) is 17.1. The Bertz CT molecular complexity index is 3760. The fourth-order valence-corrected chi connectivity index (χ4v) is 13.0. The van der Waals surface area contributed by atoms with Gasteiger partial charge in [-0.05, 0) is 136 Å². The maximum absolute atomic E-state index is 2.52. The van der Waals surface area contributed by atoms with Crippen molar-refractivity contribution in [3.8, 4) is 22.3 Å². The van der Waals surface area contributed by atoms with Crippen LogP contribution >= 0.6 is 0 Å². The van der Waals surface area contributed by atoms with E-state index in [4.69, 9.17) is 0 Å². The van der Waals surface area contributed by atoms with E-state index in [0.29, 0.717) is 0 Å². The van der Waals surface area contributed by atoms with Crippen LogP contribution in [0.3, 0.4) is 0 Å². The molecule has 1 unspecified atom stereocenters. The summed E-state index contributed by atoms with van der Waals surface area (Å²) < 4.78 is 0. The maximum Gasteiger partial charge on any atom is 0.0713 e. The summed E-state index contributed by atoms with van der Waals surface area (Å²) in [6.45, 7) is 0. The third-order valence-electron chi connectivity index (χ3n) is 15.8. The minimum Gasteiger partial charge on any atom is -0.311 e. The van der Waals surface area contributed by atoms with Crippen molar-refractivity contribution in [2.75, 3.05) is 4.90 Å². The third-order valence-corrected chi connectivity index (χ3v) is 15.8. The van der Waals surface area contributed by atoms with Gasteiger partial charge in [0.1, 0.15) is 0 Å². The van der Waals surface area contributed by atoms with Crippen LogP contribution in [0.2, 0.25) is 0 Å². The number of allylic oxidation sites excluding steroid dienone is 3. The first-order chi connectivity index (χ1) is 34.2.